The Hall–Kier alpha value is -2.63. The zero-order valence-corrected chi connectivity index (χ0v) is 15.1. The summed E-state index contributed by atoms with van der Waals surface area (Å²) in [5.41, 5.74) is 1.70. The highest BCUT2D eigenvalue weighted by Crippen LogP contribution is 2.29. The van der Waals surface area contributed by atoms with Crippen LogP contribution in [0.2, 0.25) is 0 Å². The standard InChI is InChI=1S/C20H21F3N2O/c1-13(11-19(2,3)4)14-5-7-15(8-6-14)18(26)25-17-10-9-16(12-24-17)20(21,22)23/h5-12H,1-4H3,(H,24,25,26)/b13-11+. The minimum Gasteiger partial charge on any atom is -0.307 e. The Morgan fingerprint density at radius 3 is 2.04 bits per heavy atom. The normalized spacial score (nSPS) is 12.8. The molecule has 1 heterocycles. The fourth-order valence-electron chi connectivity index (χ4n) is 2.44. The largest absolute Gasteiger partial charge is 0.417 e. The van der Waals surface area contributed by atoms with E-state index in [0.717, 1.165) is 23.3 Å². The van der Waals surface area contributed by atoms with Crippen LogP contribution in [0, 0.1) is 5.41 Å². The van der Waals surface area contributed by atoms with E-state index in [2.05, 4.69) is 37.1 Å². The lowest BCUT2D eigenvalue weighted by molar-refractivity contribution is -0.137. The predicted octanol–water partition coefficient (Wildman–Crippen LogP) is 5.80. The molecule has 0 aliphatic carbocycles. The third-order valence-electron chi connectivity index (χ3n) is 3.58. The number of rotatable bonds is 3. The van der Waals surface area contributed by atoms with E-state index >= 15 is 0 Å². The molecule has 0 radical (unpaired) electrons. The molecule has 1 N–H and O–H groups in total. The van der Waals surface area contributed by atoms with Crippen LogP contribution in [0.3, 0.4) is 0 Å². The molecule has 26 heavy (non-hydrogen) atoms. The van der Waals surface area contributed by atoms with Gasteiger partial charge in [0.1, 0.15) is 5.82 Å². The van der Waals surface area contributed by atoms with Crippen LogP contribution in [-0.2, 0) is 6.18 Å². The topological polar surface area (TPSA) is 42.0 Å². The number of amides is 1. The van der Waals surface area contributed by atoms with Gasteiger partial charge in [-0.05, 0) is 47.7 Å². The lowest BCUT2D eigenvalue weighted by Crippen LogP contribution is -2.13. The van der Waals surface area contributed by atoms with E-state index in [1.807, 2.05) is 19.1 Å². The molecular weight excluding hydrogens is 341 g/mol. The summed E-state index contributed by atoms with van der Waals surface area (Å²) < 4.78 is 37.6. The molecule has 6 heteroatoms. The molecule has 2 rings (SSSR count). The Bertz CT molecular complexity index is 799. The Balaban J connectivity index is 2.10. The van der Waals surface area contributed by atoms with Gasteiger partial charge >= 0.3 is 6.18 Å². The molecule has 1 aromatic heterocycles. The number of allylic oxidation sites excluding steroid dienone is 2. The SMILES string of the molecule is C/C(=C\C(C)(C)C)c1ccc(C(=O)Nc2ccc(C(F)(F)F)cn2)cc1. The number of pyridine rings is 1. The van der Waals surface area contributed by atoms with Crippen molar-refractivity contribution in [1.29, 1.82) is 0 Å². The van der Waals surface area contributed by atoms with Crippen molar-refractivity contribution in [2.24, 2.45) is 5.41 Å². The van der Waals surface area contributed by atoms with E-state index in [-0.39, 0.29) is 11.2 Å². The number of anilines is 1. The molecule has 0 bridgehead atoms. The average Bonchev–Trinajstić information content (AvgIpc) is 2.53. The molecule has 0 aliphatic heterocycles. The zero-order valence-electron chi connectivity index (χ0n) is 15.1. The number of alkyl halides is 3. The van der Waals surface area contributed by atoms with Crippen molar-refractivity contribution in [3.63, 3.8) is 0 Å². The lowest BCUT2D eigenvalue weighted by atomic mass is 9.91. The zero-order chi connectivity index (χ0) is 19.5. The van der Waals surface area contributed by atoms with Crippen LogP contribution in [0.4, 0.5) is 19.0 Å². The number of carbonyl (C=O) groups is 1. The molecule has 0 atom stereocenters. The van der Waals surface area contributed by atoms with Crippen molar-refractivity contribution in [2.45, 2.75) is 33.9 Å². The van der Waals surface area contributed by atoms with Gasteiger partial charge in [0.05, 0.1) is 5.56 Å². The molecule has 0 aliphatic rings. The molecule has 138 valence electrons. The number of carbonyl (C=O) groups excluding carboxylic acids is 1. The molecule has 1 amide bonds. The van der Waals surface area contributed by atoms with Crippen molar-refractivity contribution in [2.75, 3.05) is 5.32 Å². The number of nitrogens with one attached hydrogen (secondary N) is 1. The summed E-state index contributed by atoms with van der Waals surface area (Å²) in [6.45, 7) is 8.33. The maximum atomic E-state index is 12.5. The van der Waals surface area contributed by atoms with Crippen LogP contribution >= 0.6 is 0 Å². The number of hydrogen-bond donors (Lipinski definition) is 1. The second-order valence-electron chi connectivity index (χ2n) is 7.15. The molecule has 0 spiro atoms. The smallest absolute Gasteiger partial charge is 0.307 e. The predicted molar refractivity (Wildman–Crippen MR) is 96.7 cm³/mol. The van der Waals surface area contributed by atoms with Crippen molar-refractivity contribution >= 4 is 17.3 Å². The Morgan fingerprint density at radius 2 is 1.58 bits per heavy atom. The number of nitrogens with zero attached hydrogens (tertiary/aromatic N) is 1. The molecule has 0 saturated heterocycles. The van der Waals surface area contributed by atoms with Gasteiger partial charge in [-0.15, -0.1) is 0 Å². The van der Waals surface area contributed by atoms with Crippen LogP contribution in [0.5, 0.6) is 0 Å². The van der Waals surface area contributed by atoms with Gasteiger partial charge in [-0.25, -0.2) is 4.98 Å². The molecule has 0 fully saturated rings. The minimum atomic E-state index is -4.45. The fraction of sp³-hybridized carbons (Fsp3) is 0.300. The van der Waals surface area contributed by atoms with Gasteiger partial charge in [0.25, 0.3) is 5.91 Å². The highest BCUT2D eigenvalue weighted by molar-refractivity contribution is 6.03. The first-order chi connectivity index (χ1) is 12.0. The van der Waals surface area contributed by atoms with Crippen molar-refractivity contribution in [3.05, 3.63) is 65.4 Å². The first-order valence-corrected chi connectivity index (χ1v) is 8.10. The van der Waals surface area contributed by atoms with Crippen LogP contribution in [0.1, 0.15) is 49.2 Å². The van der Waals surface area contributed by atoms with Gasteiger partial charge < -0.3 is 5.32 Å². The third kappa shape index (κ3) is 5.44. The van der Waals surface area contributed by atoms with Gasteiger partial charge in [0.2, 0.25) is 0 Å². The van der Waals surface area contributed by atoms with Crippen LogP contribution < -0.4 is 5.32 Å². The van der Waals surface area contributed by atoms with Crippen LogP contribution in [0.15, 0.2) is 48.7 Å². The first-order valence-electron chi connectivity index (χ1n) is 8.10. The maximum absolute atomic E-state index is 12.5. The van der Waals surface area contributed by atoms with Crippen molar-refractivity contribution in [1.82, 2.24) is 4.98 Å². The number of aromatic nitrogens is 1. The number of halogens is 3. The Morgan fingerprint density at radius 1 is 1.00 bits per heavy atom. The summed E-state index contributed by atoms with van der Waals surface area (Å²) in [4.78, 5) is 15.9. The molecule has 2 aromatic rings. The van der Waals surface area contributed by atoms with E-state index in [4.69, 9.17) is 0 Å². The molecule has 0 unspecified atom stereocenters. The summed E-state index contributed by atoms with van der Waals surface area (Å²) in [5.74, 6) is -0.364. The van der Waals surface area contributed by atoms with Gasteiger partial charge in [0.15, 0.2) is 0 Å². The maximum Gasteiger partial charge on any atom is 0.417 e. The number of benzene rings is 1. The quantitative estimate of drug-likeness (QED) is 0.749. The first kappa shape index (κ1) is 19.7. The van der Waals surface area contributed by atoms with Gasteiger partial charge in [0, 0.05) is 11.8 Å². The summed E-state index contributed by atoms with van der Waals surface area (Å²) in [6, 6.07) is 9.04. The van der Waals surface area contributed by atoms with Crippen LogP contribution in [-0.4, -0.2) is 10.9 Å². The lowest BCUT2D eigenvalue weighted by Gasteiger charge is -2.14. The summed E-state index contributed by atoms with van der Waals surface area (Å²) in [6.07, 6.45) is -1.61. The summed E-state index contributed by atoms with van der Waals surface area (Å²) in [7, 11) is 0. The summed E-state index contributed by atoms with van der Waals surface area (Å²) in [5, 5.41) is 2.49. The molecule has 0 saturated carbocycles. The molecule has 1 aromatic carbocycles. The highest BCUT2D eigenvalue weighted by Gasteiger charge is 2.30. The molecule has 3 nitrogen and oxygen atoms in total. The number of hydrogen-bond acceptors (Lipinski definition) is 2. The van der Waals surface area contributed by atoms with Gasteiger partial charge in [-0.2, -0.15) is 13.2 Å². The van der Waals surface area contributed by atoms with Crippen molar-refractivity contribution < 1.29 is 18.0 Å². The summed E-state index contributed by atoms with van der Waals surface area (Å²) >= 11 is 0. The van der Waals surface area contributed by atoms with E-state index in [1.165, 1.54) is 0 Å². The fourth-order valence-corrected chi connectivity index (χ4v) is 2.44. The van der Waals surface area contributed by atoms with E-state index in [9.17, 15) is 18.0 Å². The minimum absolute atomic E-state index is 0.0500. The van der Waals surface area contributed by atoms with E-state index in [0.29, 0.717) is 11.8 Å². The second kappa shape index (κ2) is 7.32. The third-order valence-corrected chi connectivity index (χ3v) is 3.58. The highest BCUT2D eigenvalue weighted by atomic mass is 19.4. The average molecular weight is 362 g/mol. The Labute approximate surface area is 151 Å². The van der Waals surface area contributed by atoms with E-state index < -0.39 is 17.6 Å². The van der Waals surface area contributed by atoms with Gasteiger partial charge in [-0.3, -0.25) is 4.79 Å². The van der Waals surface area contributed by atoms with Crippen molar-refractivity contribution in [3.8, 4) is 0 Å². The van der Waals surface area contributed by atoms with Gasteiger partial charge in [-0.1, -0.05) is 39.0 Å². The van der Waals surface area contributed by atoms with E-state index in [1.54, 1.807) is 12.1 Å². The molecular formula is C20H21F3N2O. The van der Waals surface area contributed by atoms with Crippen LogP contribution in [0.25, 0.3) is 5.57 Å². The second-order valence-corrected chi connectivity index (χ2v) is 7.15. The Kier molecular flexibility index (Phi) is 5.54. The monoisotopic (exact) mass is 362 g/mol.